The first kappa shape index (κ1) is 16.7. The molecule has 0 rings (SSSR count). The zero-order valence-corrected chi connectivity index (χ0v) is 10.8. The van der Waals surface area contributed by atoms with E-state index < -0.39 is 18.3 Å². The Morgan fingerprint density at radius 1 is 0.706 bits per heavy atom. The van der Waals surface area contributed by atoms with Crippen molar-refractivity contribution < 1.29 is 17.6 Å². The van der Waals surface area contributed by atoms with Gasteiger partial charge in [0.1, 0.15) is 0 Å². The monoisotopic (exact) mass is 256 g/mol. The summed E-state index contributed by atoms with van der Waals surface area (Å²) in [5.74, 6) is 0. The van der Waals surface area contributed by atoms with Crippen molar-refractivity contribution in [3.63, 3.8) is 0 Å². The van der Waals surface area contributed by atoms with E-state index >= 15 is 0 Å². The summed E-state index contributed by atoms with van der Waals surface area (Å²) in [6.07, 6.45) is -1.81. The minimum atomic E-state index is -2.92. The van der Waals surface area contributed by atoms with E-state index in [4.69, 9.17) is 0 Å². The molecule has 104 valence electrons. The number of hydrogen-bond acceptors (Lipinski definition) is 0. The molecule has 0 aromatic carbocycles. The van der Waals surface area contributed by atoms with Crippen LogP contribution in [0.1, 0.15) is 65.2 Å². The molecule has 0 saturated heterocycles. The standard InChI is InChI=1S/C13H24F4/c1-3-5-7-9-13(11(14)15,12(16)17)10-8-6-4-2/h11-12H,3-10H2,1-2H3. The third kappa shape index (κ3) is 5.26. The predicted octanol–water partition coefficient (Wildman–Crippen LogP) is 5.66. The van der Waals surface area contributed by atoms with Crippen molar-refractivity contribution in [2.75, 3.05) is 0 Å². The summed E-state index contributed by atoms with van der Waals surface area (Å²) in [6.45, 7) is 3.87. The van der Waals surface area contributed by atoms with E-state index in [-0.39, 0.29) is 12.8 Å². The molecule has 0 aromatic rings. The first-order valence-electron chi connectivity index (χ1n) is 6.57. The van der Waals surface area contributed by atoms with E-state index in [1.165, 1.54) is 0 Å². The molecule has 0 atom stereocenters. The van der Waals surface area contributed by atoms with Crippen molar-refractivity contribution in [3.8, 4) is 0 Å². The minimum Gasteiger partial charge on any atom is -0.210 e. The number of halogens is 4. The van der Waals surface area contributed by atoms with Crippen molar-refractivity contribution in [1.82, 2.24) is 0 Å². The maximum atomic E-state index is 13.0. The molecule has 0 saturated carbocycles. The summed E-state index contributed by atoms with van der Waals surface area (Å²) in [7, 11) is 0. The molecule has 0 fully saturated rings. The maximum Gasteiger partial charge on any atom is 0.249 e. The normalized spacial score (nSPS) is 12.7. The van der Waals surface area contributed by atoms with Crippen molar-refractivity contribution in [2.45, 2.75) is 78.1 Å². The number of hydrogen-bond donors (Lipinski definition) is 0. The average molecular weight is 256 g/mol. The first-order valence-corrected chi connectivity index (χ1v) is 6.57. The van der Waals surface area contributed by atoms with Gasteiger partial charge in [0.2, 0.25) is 12.9 Å². The highest BCUT2D eigenvalue weighted by molar-refractivity contribution is 4.84. The van der Waals surface area contributed by atoms with Crippen LogP contribution in [0.15, 0.2) is 0 Å². The van der Waals surface area contributed by atoms with Crippen molar-refractivity contribution >= 4 is 0 Å². The molecule has 0 spiro atoms. The summed E-state index contributed by atoms with van der Waals surface area (Å²) in [5.41, 5.74) is -2.07. The summed E-state index contributed by atoms with van der Waals surface area (Å²) in [4.78, 5) is 0. The molecule has 0 aliphatic carbocycles. The maximum absolute atomic E-state index is 13.0. The summed E-state index contributed by atoms with van der Waals surface area (Å²) in [6, 6.07) is 0. The van der Waals surface area contributed by atoms with E-state index in [0.29, 0.717) is 12.8 Å². The van der Waals surface area contributed by atoms with Gasteiger partial charge in [0.25, 0.3) is 0 Å². The molecule has 0 aliphatic heterocycles. The highest BCUT2D eigenvalue weighted by Crippen LogP contribution is 2.43. The van der Waals surface area contributed by atoms with Crippen LogP contribution in [0.2, 0.25) is 0 Å². The van der Waals surface area contributed by atoms with Crippen molar-refractivity contribution in [3.05, 3.63) is 0 Å². The van der Waals surface area contributed by atoms with Gasteiger partial charge in [-0.1, -0.05) is 52.4 Å². The summed E-state index contributed by atoms with van der Waals surface area (Å²) >= 11 is 0. The van der Waals surface area contributed by atoms with E-state index in [2.05, 4.69) is 0 Å². The fourth-order valence-electron chi connectivity index (χ4n) is 2.06. The van der Waals surface area contributed by atoms with E-state index in [1.54, 1.807) is 0 Å². The number of alkyl halides is 4. The predicted molar refractivity (Wildman–Crippen MR) is 62.7 cm³/mol. The molecule has 0 amide bonds. The first-order chi connectivity index (χ1) is 8.01. The van der Waals surface area contributed by atoms with Gasteiger partial charge in [0.15, 0.2) is 0 Å². The Morgan fingerprint density at radius 3 is 1.29 bits per heavy atom. The van der Waals surface area contributed by atoms with Gasteiger partial charge in [-0.15, -0.1) is 0 Å². The van der Waals surface area contributed by atoms with E-state index in [0.717, 1.165) is 25.7 Å². The van der Waals surface area contributed by atoms with Crippen LogP contribution < -0.4 is 0 Å². The van der Waals surface area contributed by atoms with Crippen molar-refractivity contribution in [1.29, 1.82) is 0 Å². The molecule has 4 heteroatoms. The molecule has 17 heavy (non-hydrogen) atoms. The molecule has 0 N–H and O–H groups in total. The molecule has 0 radical (unpaired) electrons. The van der Waals surface area contributed by atoms with Crippen LogP contribution in [0.5, 0.6) is 0 Å². The quantitative estimate of drug-likeness (QED) is 0.349. The molecule has 0 bridgehead atoms. The Kier molecular flexibility index (Phi) is 8.61. The number of unbranched alkanes of at least 4 members (excludes halogenated alkanes) is 4. The van der Waals surface area contributed by atoms with E-state index in [9.17, 15) is 17.6 Å². The third-order valence-electron chi connectivity index (χ3n) is 3.36. The van der Waals surface area contributed by atoms with Crippen LogP contribution in [0.4, 0.5) is 17.6 Å². The van der Waals surface area contributed by atoms with Crippen LogP contribution in [0.25, 0.3) is 0 Å². The lowest BCUT2D eigenvalue weighted by Gasteiger charge is -2.32. The van der Waals surface area contributed by atoms with Gasteiger partial charge in [-0.25, -0.2) is 17.6 Å². The lowest BCUT2D eigenvalue weighted by molar-refractivity contribution is -0.120. The molecule has 0 nitrogen and oxygen atoms in total. The van der Waals surface area contributed by atoms with Gasteiger partial charge in [0, 0.05) is 0 Å². The van der Waals surface area contributed by atoms with Crippen LogP contribution in [0, 0.1) is 5.41 Å². The fourth-order valence-corrected chi connectivity index (χ4v) is 2.06. The smallest absolute Gasteiger partial charge is 0.210 e. The van der Waals surface area contributed by atoms with Crippen LogP contribution in [-0.2, 0) is 0 Å². The van der Waals surface area contributed by atoms with Crippen LogP contribution >= 0.6 is 0 Å². The zero-order valence-electron chi connectivity index (χ0n) is 10.8. The number of rotatable bonds is 10. The highest BCUT2D eigenvalue weighted by Gasteiger charge is 2.47. The second-order valence-electron chi connectivity index (χ2n) is 4.75. The molecule has 0 heterocycles. The van der Waals surface area contributed by atoms with Crippen LogP contribution in [0.3, 0.4) is 0 Å². The van der Waals surface area contributed by atoms with E-state index in [1.807, 2.05) is 13.8 Å². The van der Waals surface area contributed by atoms with Gasteiger partial charge in [-0.3, -0.25) is 0 Å². The lowest BCUT2D eigenvalue weighted by Crippen LogP contribution is -2.37. The van der Waals surface area contributed by atoms with Gasteiger partial charge in [0.05, 0.1) is 5.41 Å². The fraction of sp³-hybridized carbons (Fsp3) is 1.00. The van der Waals surface area contributed by atoms with Gasteiger partial charge < -0.3 is 0 Å². The Balaban J connectivity index is 4.50. The summed E-state index contributed by atoms with van der Waals surface area (Å²) in [5, 5.41) is 0. The zero-order chi connectivity index (χ0) is 13.3. The van der Waals surface area contributed by atoms with Gasteiger partial charge >= 0.3 is 0 Å². The Labute approximate surface area is 102 Å². The second kappa shape index (κ2) is 8.76. The molecule has 0 aromatic heterocycles. The van der Waals surface area contributed by atoms with Gasteiger partial charge in [-0.05, 0) is 12.8 Å². The van der Waals surface area contributed by atoms with Gasteiger partial charge in [-0.2, -0.15) is 0 Å². The molecular formula is C13H24F4. The average Bonchev–Trinajstić information content (AvgIpc) is 2.26. The Morgan fingerprint density at radius 2 is 1.06 bits per heavy atom. The van der Waals surface area contributed by atoms with Crippen molar-refractivity contribution in [2.24, 2.45) is 5.41 Å². The highest BCUT2D eigenvalue weighted by atomic mass is 19.3. The second-order valence-corrected chi connectivity index (χ2v) is 4.75. The Bertz CT molecular complexity index is 160. The Hall–Kier alpha value is -0.280. The topological polar surface area (TPSA) is 0 Å². The SMILES string of the molecule is CCCCCC(CCCCC)(C(F)F)C(F)F. The molecule has 0 aliphatic rings. The molecular weight excluding hydrogens is 232 g/mol. The third-order valence-corrected chi connectivity index (χ3v) is 3.36. The lowest BCUT2D eigenvalue weighted by atomic mass is 9.78. The minimum absolute atomic E-state index is 0.0557. The summed E-state index contributed by atoms with van der Waals surface area (Å²) < 4.78 is 51.9. The van der Waals surface area contributed by atoms with Crippen LogP contribution in [-0.4, -0.2) is 12.9 Å². The largest absolute Gasteiger partial charge is 0.249 e. The molecule has 0 unspecified atom stereocenters.